The van der Waals surface area contributed by atoms with Gasteiger partial charge in [-0.2, -0.15) is 0 Å². The highest BCUT2D eigenvalue weighted by molar-refractivity contribution is 7.91. The Morgan fingerprint density at radius 2 is 1.79 bits per heavy atom. The fraction of sp³-hybridized carbons (Fsp3) is 0.533. The zero-order valence-electron chi connectivity index (χ0n) is 13.9. The molecule has 0 spiro atoms. The quantitative estimate of drug-likeness (QED) is 0.728. The summed E-state index contributed by atoms with van der Waals surface area (Å²) in [5, 5.41) is 5.68. The third-order valence-electron chi connectivity index (χ3n) is 3.72. The fourth-order valence-electron chi connectivity index (χ4n) is 2.55. The van der Waals surface area contributed by atoms with Crippen LogP contribution in [0.3, 0.4) is 0 Å². The first kappa shape index (κ1) is 18.2. The number of hydrogen-bond donors (Lipinski definition) is 2. The lowest BCUT2D eigenvalue weighted by Crippen LogP contribution is -2.39. The molecule has 24 heavy (non-hydrogen) atoms. The summed E-state index contributed by atoms with van der Waals surface area (Å²) in [5.74, 6) is 1.27. The zero-order chi connectivity index (χ0) is 17.7. The summed E-state index contributed by atoms with van der Waals surface area (Å²) in [6, 6.07) is 3.06. The summed E-state index contributed by atoms with van der Waals surface area (Å²) in [4.78, 5) is 12.0. The van der Waals surface area contributed by atoms with Gasteiger partial charge in [0.1, 0.15) is 0 Å². The van der Waals surface area contributed by atoms with Crippen molar-refractivity contribution >= 4 is 21.4 Å². The molecule has 8 nitrogen and oxygen atoms in total. The van der Waals surface area contributed by atoms with E-state index < -0.39 is 9.84 Å². The Morgan fingerprint density at radius 1 is 1.17 bits per heavy atom. The van der Waals surface area contributed by atoms with E-state index in [0.29, 0.717) is 29.4 Å². The minimum Gasteiger partial charge on any atom is -0.493 e. The van der Waals surface area contributed by atoms with Crippen molar-refractivity contribution in [3.63, 3.8) is 0 Å². The van der Waals surface area contributed by atoms with E-state index in [9.17, 15) is 13.2 Å². The number of hydrogen-bond acceptors (Lipinski definition) is 7. The van der Waals surface area contributed by atoms with E-state index in [1.165, 1.54) is 21.3 Å². The van der Waals surface area contributed by atoms with Gasteiger partial charge >= 0.3 is 0 Å². The molecule has 1 aliphatic heterocycles. The van der Waals surface area contributed by atoms with E-state index in [1.807, 2.05) is 0 Å². The topological polar surface area (TPSA) is 103 Å². The highest BCUT2D eigenvalue weighted by Crippen LogP contribution is 2.39. The maximum absolute atomic E-state index is 12.0. The van der Waals surface area contributed by atoms with Crippen LogP contribution in [-0.2, 0) is 14.6 Å². The van der Waals surface area contributed by atoms with Gasteiger partial charge in [-0.3, -0.25) is 4.79 Å². The van der Waals surface area contributed by atoms with Gasteiger partial charge in [0.15, 0.2) is 21.3 Å². The van der Waals surface area contributed by atoms with E-state index in [2.05, 4.69) is 10.6 Å². The molecule has 1 aromatic carbocycles. The largest absolute Gasteiger partial charge is 0.493 e. The Bertz CT molecular complexity index is 679. The molecule has 9 heteroatoms. The second kappa shape index (κ2) is 7.61. The molecule has 0 bridgehead atoms. The first-order valence-corrected chi connectivity index (χ1v) is 9.24. The number of rotatable bonds is 7. The van der Waals surface area contributed by atoms with Gasteiger partial charge in [-0.15, -0.1) is 0 Å². The molecule has 1 unspecified atom stereocenters. The molecular weight excluding hydrogens is 336 g/mol. The molecule has 0 saturated carbocycles. The van der Waals surface area contributed by atoms with Crippen LogP contribution in [0.4, 0.5) is 5.69 Å². The smallest absolute Gasteiger partial charge is 0.239 e. The lowest BCUT2D eigenvalue weighted by molar-refractivity contribution is -0.119. The van der Waals surface area contributed by atoms with Crippen LogP contribution < -0.4 is 24.8 Å². The number of carbonyl (C=O) groups excluding carboxylic acids is 1. The van der Waals surface area contributed by atoms with Crippen molar-refractivity contribution in [2.45, 2.75) is 12.5 Å². The third-order valence-corrected chi connectivity index (χ3v) is 5.48. The molecule has 2 N–H and O–H groups in total. The molecule has 1 saturated heterocycles. The van der Waals surface area contributed by atoms with Gasteiger partial charge < -0.3 is 24.8 Å². The molecule has 0 radical (unpaired) electrons. The molecule has 1 heterocycles. The first-order chi connectivity index (χ1) is 11.4. The van der Waals surface area contributed by atoms with Crippen LogP contribution in [0.15, 0.2) is 12.1 Å². The van der Waals surface area contributed by atoms with Crippen LogP contribution in [0.2, 0.25) is 0 Å². The summed E-state index contributed by atoms with van der Waals surface area (Å²) in [7, 11) is 1.51. The van der Waals surface area contributed by atoms with Gasteiger partial charge in [-0.05, 0) is 6.42 Å². The Hall–Kier alpha value is -2.16. The standard InChI is InChI=1S/C15H22N2O6S/c1-21-12-6-11(7-13(22-2)15(12)23-3)16-8-14(18)17-10-4-5-24(19,20)9-10/h6-7,10,16H,4-5,8-9H2,1-3H3,(H,17,18). The van der Waals surface area contributed by atoms with Gasteiger partial charge in [0.05, 0.1) is 39.4 Å². The number of methoxy groups -OCH3 is 3. The van der Waals surface area contributed by atoms with Crippen LogP contribution in [-0.4, -0.2) is 59.7 Å². The SMILES string of the molecule is COc1cc(NCC(=O)NC2CCS(=O)(=O)C2)cc(OC)c1OC. The van der Waals surface area contributed by atoms with E-state index in [1.54, 1.807) is 12.1 Å². The van der Waals surface area contributed by atoms with Gasteiger partial charge in [-0.1, -0.05) is 0 Å². The summed E-state index contributed by atoms with van der Waals surface area (Å²) >= 11 is 0. The number of sulfone groups is 1. The van der Waals surface area contributed by atoms with Gasteiger partial charge in [0.2, 0.25) is 11.7 Å². The van der Waals surface area contributed by atoms with Crippen LogP contribution in [0.5, 0.6) is 17.2 Å². The summed E-state index contributed by atoms with van der Waals surface area (Å²) < 4.78 is 38.5. The van der Waals surface area contributed by atoms with Crippen LogP contribution in [0.25, 0.3) is 0 Å². The Balaban J connectivity index is 1.97. The molecule has 0 aromatic heterocycles. The number of ether oxygens (including phenoxy) is 3. The Morgan fingerprint density at radius 3 is 2.25 bits per heavy atom. The van der Waals surface area contributed by atoms with Crippen molar-refractivity contribution in [1.29, 1.82) is 0 Å². The second-order valence-corrected chi connectivity index (χ2v) is 7.66. The number of anilines is 1. The van der Waals surface area contributed by atoms with Crippen molar-refractivity contribution in [1.82, 2.24) is 5.32 Å². The summed E-state index contributed by atoms with van der Waals surface area (Å²) in [5.41, 5.74) is 0.624. The predicted molar refractivity (Wildman–Crippen MR) is 89.8 cm³/mol. The molecule has 1 aromatic rings. The van der Waals surface area contributed by atoms with E-state index in [4.69, 9.17) is 14.2 Å². The molecule has 1 amide bonds. The monoisotopic (exact) mass is 358 g/mol. The van der Waals surface area contributed by atoms with Crippen molar-refractivity contribution in [3.8, 4) is 17.2 Å². The van der Waals surface area contributed by atoms with Gasteiger partial charge in [0.25, 0.3) is 0 Å². The maximum Gasteiger partial charge on any atom is 0.239 e. The van der Waals surface area contributed by atoms with E-state index >= 15 is 0 Å². The van der Waals surface area contributed by atoms with Crippen LogP contribution >= 0.6 is 0 Å². The molecule has 1 fully saturated rings. The summed E-state index contributed by atoms with van der Waals surface area (Å²) in [6.07, 6.45) is 0.457. The van der Waals surface area contributed by atoms with E-state index in [0.717, 1.165) is 0 Å². The van der Waals surface area contributed by atoms with Crippen molar-refractivity contribution in [2.24, 2.45) is 0 Å². The minimum absolute atomic E-state index is 0.00290. The molecular formula is C15H22N2O6S. The second-order valence-electron chi connectivity index (χ2n) is 5.44. The Kier molecular flexibility index (Phi) is 5.76. The van der Waals surface area contributed by atoms with E-state index in [-0.39, 0.29) is 30.0 Å². The van der Waals surface area contributed by atoms with Crippen molar-refractivity contribution in [2.75, 3.05) is 44.7 Å². The number of amides is 1. The average Bonchev–Trinajstić information content (AvgIpc) is 2.90. The molecule has 1 atom stereocenters. The average molecular weight is 358 g/mol. The minimum atomic E-state index is -3.02. The third kappa shape index (κ3) is 4.44. The maximum atomic E-state index is 12.0. The van der Waals surface area contributed by atoms with Gasteiger partial charge in [-0.25, -0.2) is 8.42 Å². The van der Waals surface area contributed by atoms with Crippen molar-refractivity contribution < 1.29 is 27.4 Å². The normalized spacial score (nSPS) is 18.7. The number of benzene rings is 1. The summed E-state index contributed by atoms with van der Waals surface area (Å²) in [6.45, 7) is 0.00911. The predicted octanol–water partition coefficient (Wildman–Crippen LogP) is 0.428. The highest BCUT2D eigenvalue weighted by atomic mass is 32.2. The first-order valence-electron chi connectivity index (χ1n) is 7.42. The highest BCUT2D eigenvalue weighted by Gasteiger charge is 2.28. The molecule has 2 rings (SSSR count). The van der Waals surface area contributed by atoms with Crippen LogP contribution in [0.1, 0.15) is 6.42 Å². The number of carbonyl (C=O) groups is 1. The molecule has 1 aliphatic rings. The zero-order valence-corrected chi connectivity index (χ0v) is 14.7. The van der Waals surface area contributed by atoms with Crippen molar-refractivity contribution in [3.05, 3.63) is 12.1 Å². The lowest BCUT2D eigenvalue weighted by Gasteiger charge is -2.16. The molecule has 0 aliphatic carbocycles. The lowest BCUT2D eigenvalue weighted by atomic mass is 10.2. The number of nitrogens with one attached hydrogen (secondary N) is 2. The Labute approximate surface area is 141 Å². The molecule has 134 valence electrons. The van der Waals surface area contributed by atoms with Crippen LogP contribution in [0, 0.1) is 0 Å². The fourth-order valence-corrected chi connectivity index (χ4v) is 4.23. The van der Waals surface area contributed by atoms with Gasteiger partial charge in [0, 0.05) is 23.9 Å².